The molecule has 0 spiro atoms. The molecule has 5 rings (SSSR count). The van der Waals surface area contributed by atoms with E-state index in [-0.39, 0.29) is 0 Å². The Morgan fingerprint density at radius 2 is 0.906 bits per heavy atom. The van der Waals surface area contributed by atoms with Gasteiger partial charge in [0.05, 0.1) is 22.7 Å². The van der Waals surface area contributed by atoms with Crippen molar-refractivity contribution in [3.8, 4) is 0 Å². The smallest absolute Gasteiger partial charge is 0.0936 e. The highest BCUT2D eigenvalue weighted by Gasteiger charge is 2.08. The summed E-state index contributed by atoms with van der Waals surface area (Å²) in [6.07, 6.45) is 0. The normalized spacial score (nSPS) is 11.8. The lowest BCUT2D eigenvalue weighted by atomic mass is 10.00. The fraction of sp³-hybridized carbons (Fsp3) is 0.0714. The van der Waals surface area contributed by atoms with Gasteiger partial charge in [-0.1, -0.05) is 66.7 Å². The summed E-state index contributed by atoms with van der Waals surface area (Å²) in [6, 6.07) is 32.2. The van der Waals surface area contributed by atoms with Gasteiger partial charge in [0.2, 0.25) is 0 Å². The first kappa shape index (κ1) is 19.8. The Balaban J connectivity index is 1.56. The molecule has 0 amide bonds. The molecule has 0 aliphatic heterocycles. The molecule has 0 aliphatic rings. The zero-order valence-electron chi connectivity index (χ0n) is 18.0. The Kier molecular flexibility index (Phi) is 5.26. The van der Waals surface area contributed by atoms with Crippen molar-refractivity contribution in [3.05, 3.63) is 108 Å². The molecular weight excluding hydrogens is 392 g/mol. The molecule has 0 radical (unpaired) electrons. The van der Waals surface area contributed by atoms with Gasteiger partial charge in [0, 0.05) is 16.2 Å². The summed E-state index contributed by atoms with van der Waals surface area (Å²) in [5.74, 6) is 0. The van der Waals surface area contributed by atoms with Crippen molar-refractivity contribution in [1.29, 1.82) is 0 Å². The van der Waals surface area contributed by atoms with Gasteiger partial charge in [-0.15, -0.1) is 15.3 Å². The minimum atomic E-state index is 0.805. The van der Waals surface area contributed by atoms with E-state index in [1.807, 2.05) is 72.8 Å². The number of rotatable bonds is 4. The molecule has 0 atom stereocenters. The third kappa shape index (κ3) is 3.79. The SMILES string of the molecule is Cc1cccc2c(/N=N/c3ccc(/N=N/c4ccccc4)c4ccccc34)ccc(C)c12. The van der Waals surface area contributed by atoms with Crippen LogP contribution in [-0.4, -0.2) is 0 Å². The molecule has 0 saturated heterocycles. The maximum Gasteiger partial charge on any atom is 0.0936 e. The summed E-state index contributed by atoms with van der Waals surface area (Å²) in [7, 11) is 0. The third-order valence-corrected chi connectivity index (χ3v) is 5.61. The first-order chi connectivity index (χ1) is 15.7. The van der Waals surface area contributed by atoms with E-state index in [1.54, 1.807) is 0 Å². The Morgan fingerprint density at radius 1 is 0.406 bits per heavy atom. The predicted octanol–water partition coefficient (Wildman–Crippen LogP) is 9.44. The van der Waals surface area contributed by atoms with Gasteiger partial charge in [-0.25, -0.2) is 0 Å². The lowest BCUT2D eigenvalue weighted by molar-refractivity contribution is 1.23. The van der Waals surface area contributed by atoms with E-state index in [9.17, 15) is 0 Å². The molecule has 4 nitrogen and oxygen atoms in total. The van der Waals surface area contributed by atoms with E-state index >= 15 is 0 Å². The van der Waals surface area contributed by atoms with Crippen LogP contribution in [0.1, 0.15) is 11.1 Å². The third-order valence-electron chi connectivity index (χ3n) is 5.61. The lowest BCUT2D eigenvalue weighted by Gasteiger charge is -2.08. The van der Waals surface area contributed by atoms with Crippen LogP contribution >= 0.6 is 0 Å². The molecule has 4 heteroatoms. The zero-order chi connectivity index (χ0) is 21.9. The summed E-state index contributed by atoms with van der Waals surface area (Å²) in [5.41, 5.74) is 5.79. The highest BCUT2D eigenvalue weighted by molar-refractivity contribution is 6.00. The van der Waals surface area contributed by atoms with Gasteiger partial charge >= 0.3 is 0 Å². The van der Waals surface area contributed by atoms with Crippen LogP contribution in [0.5, 0.6) is 0 Å². The molecule has 0 aliphatic carbocycles. The number of benzene rings is 5. The minimum Gasteiger partial charge on any atom is -0.151 e. The Bertz CT molecular complexity index is 1480. The van der Waals surface area contributed by atoms with Gasteiger partial charge in [-0.05, 0) is 60.7 Å². The monoisotopic (exact) mass is 414 g/mol. The topological polar surface area (TPSA) is 49.4 Å². The van der Waals surface area contributed by atoms with Crippen LogP contribution in [0.15, 0.2) is 118 Å². The molecule has 154 valence electrons. The molecule has 5 aromatic carbocycles. The van der Waals surface area contributed by atoms with Crippen LogP contribution in [0.4, 0.5) is 22.7 Å². The average Bonchev–Trinajstić information content (AvgIpc) is 2.83. The molecule has 0 heterocycles. The highest BCUT2D eigenvalue weighted by Crippen LogP contribution is 2.36. The summed E-state index contributed by atoms with van der Waals surface area (Å²) in [4.78, 5) is 0. The Labute approximate surface area is 187 Å². The molecule has 5 aromatic rings. The Hall–Kier alpha value is -4.18. The quantitative estimate of drug-likeness (QED) is 0.263. The summed E-state index contributed by atoms with van der Waals surface area (Å²) in [6.45, 7) is 4.26. The van der Waals surface area contributed by atoms with Crippen molar-refractivity contribution in [2.24, 2.45) is 20.5 Å². The van der Waals surface area contributed by atoms with E-state index in [0.29, 0.717) is 0 Å². The van der Waals surface area contributed by atoms with Gasteiger partial charge < -0.3 is 0 Å². The van der Waals surface area contributed by atoms with E-state index in [2.05, 4.69) is 58.6 Å². The van der Waals surface area contributed by atoms with Crippen LogP contribution in [-0.2, 0) is 0 Å². The number of fused-ring (bicyclic) bond motifs is 2. The van der Waals surface area contributed by atoms with Gasteiger partial charge in [0.1, 0.15) is 0 Å². The fourth-order valence-corrected chi connectivity index (χ4v) is 4.02. The van der Waals surface area contributed by atoms with Crippen LogP contribution in [0, 0.1) is 13.8 Å². The second kappa shape index (κ2) is 8.52. The van der Waals surface area contributed by atoms with Gasteiger partial charge in [-0.2, -0.15) is 5.11 Å². The number of hydrogen-bond acceptors (Lipinski definition) is 4. The summed E-state index contributed by atoms with van der Waals surface area (Å²) < 4.78 is 0. The van der Waals surface area contributed by atoms with E-state index < -0.39 is 0 Å². The van der Waals surface area contributed by atoms with Crippen molar-refractivity contribution in [3.63, 3.8) is 0 Å². The van der Waals surface area contributed by atoms with Crippen LogP contribution in [0.25, 0.3) is 21.5 Å². The summed E-state index contributed by atoms with van der Waals surface area (Å²) >= 11 is 0. The van der Waals surface area contributed by atoms with Gasteiger partial charge in [0.15, 0.2) is 0 Å². The molecule has 0 aromatic heterocycles. The zero-order valence-corrected chi connectivity index (χ0v) is 18.0. The highest BCUT2D eigenvalue weighted by atomic mass is 15.1. The van der Waals surface area contributed by atoms with Crippen LogP contribution < -0.4 is 0 Å². The van der Waals surface area contributed by atoms with Crippen molar-refractivity contribution in [1.82, 2.24) is 0 Å². The number of aryl methyl sites for hydroxylation is 2. The van der Waals surface area contributed by atoms with Gasteiger partial charge in [0.25, 0.3) is 0 Å². The number of hydrogen-bond donors (Lipinski definition) is 0. The van der Waals surface area contributed by atoms with E-state index in [4.69, 9.17) is 0 Å². The standard InChI is InChI=1S/C28H22N4/c1-19-9-8-14-24-27(16-15-20(2)28(19)24)32-31-26-18-17-25(22-12-6-7-13-23(22)26)30-29-21-10-4-3-5-11-21/h3-18H,1-2H3/b30-29+,32-31+. The van der Waals surface area contributed by atoms with Gasteiger partial charge in [-0.3, -0.25) is 0 Å². The largest absolute Gasteiger partial charge is 0.151 e. The predicted molar refractivity (Wildman–Crippen MR) is 132 cm³/mol. The fourth-order valence-electron chi connectivity index (χ4n) is 4.02. The molecule has 0 N–H and O–H groups in total. The van der Waals surface area contributed by atoms with E-state index in [1.165, 1.54) is 16.5 Å². The first-order valence-corrected chi connectivity index (χ1v) is 10.6. The lowest BCUT2D eigenvalue weighted by Crippen LogP contribution is -1.83. The number of azo groups is 2. The number of nitrogens with zero attached hydrogens (tertiary/aromatic N) is 4. The molecule has 0 saturated carbocycles. The van der Waals surface area contributed by atoms with Crippen molar-refractivity contribution >= 4 is 44.3 Å². The van der Waals surface area contributed by atoms with E-state index in [0.717, 1.165) is 38.9 Å². The maximum absolute atomic E-state index is 4.63. The molecule has 32 heavy (non-hydrogen) atoms. The summed E-state index contributed by atoms with van der Waals surface area (Å²) in [5, 5.41) is 22.5. The second-order valence-corrected chi connectivity index (χ2v) is 7.78. The molecule has 0 fully saturated rings. The molecular formula is C28H22N4. The second-order valence-electron chi connectivity index (χ2n) is 7.78. The van der Waals surface area contributed by atoms with Crippen molar-refractivity contribution in [2.45, 2.75) is 13.8 Å². The maximum atomic E-state index is 4.63. The molecule has 0 bridgehead atoms. The first-order valence-electron chi connectivity index (χ1n) is 10.6. The van der Waals surface area contributed by atoms with Crippen LogP contribution in [0.2, 0.25) is 0 Å². The van der Waals surface area contributed by atoms with Crippen LogP contribution in [0.3, 0.4) is 0 Å². The minimum absolute atomic E-state index is 0.805. The van der Waals surface area contributed by atoms with Crippen molar-refractivity contribution < 1.29 is 0 Å². The molecule has 0 unspecified atom stereocenters. The average molecular weight is 415 g/mol. The van der Waals surface area contributed by atoms with Crippen molar-refractivity contribution in [2.75, 3.05) is 0 Å². The Morgan fingerprint density at radius 3 is 1.59 bits per heavy atom.